The van der Waals surface area contributed by atoms with E-state index in [0.29, 0.717) is 0 Å². The highest BCUT2D eigenvalue weighted by atomic mass is 15.2. The maximum Gasteiger partial charge on any atom is 0.0726 e. The Hall–Kier alpha value is -8.98. The van der Waals surface area contributed by atoms with E-state index in [4.69, 9.17) is 0 Å². The smallest absolute Gasteiger partial charge is 0.0726 e. The number of benzene rings is 11. The monoisotopic (exact) mass is 888 g/mol. The highest BCUT2D eigenvalue weighted by Crippen LogP contribution is 2.64. The highest BCUT2D eigenvalue weighted by molar-refractivity contribution is 6.05. The topological polar surface area (TPSA) is 6.48 Å². The quantitative estimate of drug-likeness (QED) is 0.174. The van der Waals surface area contributed by atoms with Crippen LogP contribution in [0.5, 0.6) is 0 Å². The molecule has 1 unspecified atom stereocenters. The van der Waals surface area contributed by atoms with Crippen molar-refractivity contribution >= 4 is 34.1 Å². The van der Waals surface area contributed by atoms with Crippen molar-refractivity contribution in [2.75, 3.05) is 9.80 Å². The molecule has 1 aliphatic heterocycles. The standard InChI is InChI=1S/C68H44N2/c1-3-20-46(21-4-1)69(48-37-40-65-59(42-48)54-28-12-11-27-53(54)57-30-15-18-34-64(57)70(65)47-22-5-2-6-23-47)49-36-38-56-52-26-10-9-25-51(52)55-29-13-16-32-60(55)68(63(56)43-49)61-33-17-14-31-58(61)67-62(68)39-35-45-41-44-19-7-8-24-50(44)66(45)67/h1-40,42-43H,41H2. The molecule has 1 atom stereocenters. The number of fused-ring (bicyclic) bond motifs is 21. The lowest BCUT2D eigenvalue weighted by Crippen LogP contribution is -2.29. The Labute approximate surface area is 408 Å². The largest absolute Gasteiger partial charge is 0.310 e. The molecule has 0 saturated carbocycles. The molecule has 1 heterocycles. The van der Waals surface area contributed by atoms with E-state index >= 15 is 0 Å². The van der Waals surface area contributed by atoms with Gasteiger partial charge in [0.25, 0.3) is 0 Å². The van der Waals surface area contributed by atoms with E-state index in [1.807, 2.05) is 0 Å². The van der Waals surface area contributed by atoms with E-state index in [9.17, 15) is 0 Å². The van der Waals surface area contributed by atoms with Crippen LogP contribution >= 0.6 is 0 Å². The van der Waals surface area contributed by atoms with Gasteiger partial charge in [-0.15, -0.1) is 0 Å². The van der Waals surface area contributed by atoms with Crippen LogP contribution in [-0.2, 0) is 11.8 Å². The molecule has 0 fully saturated rings. The van der Waals surface area contributed by atoms with Crippen LogP contribution in [0.25, 0.3) is 66.8 Å². The summed E-state index contributed by atoms with van der Waals surface area (Å²) >= 11 is 0. The Morgan fingerprint density at radius 1 is 0.286 bits per heavy atom. The normalized spacial score (nSPS) is 14.8. The lowest BCUT2D eigenvalue weighted by Gasteiger charge is -2.36. The van der Waals surface area contributed by atoms with E-state index in [-0.39, 0.29) is 0 Å². The molecule has 0 amide bonds. The molecule has 2 nitrogen and oxygen atoms in total. The SMILES string of the molecule is c1ccc(N(c2ccc3c(c2)-c2ccccc2-c2ccccc2N3c2ccccc2)c2ccc3c(c2)C2(c4ccccc4-c4ccccc4-3)c3ccccc3-c3c2ccc2c3-c3ccccc3C2)cc1. The summed E-state index contributed by atoms with van der Waals surface area (Å²) in [5, 5.41) is 0. The van der Waals surface area contributed by atoms with Crippen LogP contribution in [0.15, 0.2) is 255 Å². The summed E-state index contributed by atoms with van der Waals surface area (Å²) < 4.78 is 0. The minimum Gasteiger partial charge on any atom is -0.310 e. The van der Waals surface area contributed by atoms with Crippen molar-refractivity contribution in [3.05, 3.63) is 288 Å². The zero-order chi connectivity index (χ0) is 45.9. The number of anilines is 6. The fourth-order valence-corrected chi connectivity index (χ4v) is 12.9. The molecule has 0 aromatic heterocycles. The van der Waals surface area contributed by atoms with Crippen LogP contribution in [0.4, 0.5) is 34.1 Å². The number of nitrogens with zero attached hydrogens (tertiary/aromatic N) is 2. The molecule has 15 rings (SSSR count). The molecule has 0 saturated heterocycles. The Balaban J connectivity index is 1.03. The molecule has 1 spiro atoms. The van der Waals surface area contributed by atoms with E-state index in [1.54, 1.807) is 0 Å². The number of hydrogen-bond donors (Lipinski definition) is 0. The molecule has 11 aromatic carbocycles. The number of rotatable bonds is 4. The Morgan fingerprint density at radius 2 is 0.800 bits per heavy atom. The maximum atomic E-state index is 2.54. The van der Waals surface area contributed by atoms with E-state index in [1.165, 1.54) is 100 Å². The summed E-state index contributed by atoms with van der Waals surface area (Å²) in [6, 6.07) is 95.5. The summed E-state index contributed by atoms with van der Waals surface area (Å²) in [4.78, 5) is 4.91. The van der Waals surface area contributed by atoms with Crippen LogP contribution in [0.3, 0.4) is 0 Å². The average molecular weight is 889 g/mol. The third kappa shape index (κ3) is 5.39. The van der Waals surface area contributed by atoms with Gasteiger partial charge in [-0.05, 0) is 156 Å². The molecular formula is C68H44N2. The van der Waals surface area contributed by atoms with E-state index < -0.39 is 5.41 Å². The first-order valence-corrected chi connectivity index (χ1v) is 24.5. The van der Waals surface area contributed by atoms with Gasteiger partial charge in [0.1, 0.15) is 0 Å². The first-order valence-electron chi connectivity index (χ1n) is 24.5. The molecule has 2 heteroatoms. The number of hydrogen-bond acceptors (Lipinski definition) is 2. The average Bonchev–Trinajstić information content (AvgIpc) is 3.88. The van der Waals surface area contributed by atoms with Crippen molar-refractivity contribution < 1.29 is 0 Å². The van der Waals surface area contributed by atoms with Crippen molar-refractivity contribution in [1.82, 2.24) is 0 Å². The Bertz CT molecular complexity index is 3940. The lowest BCUT2D eigenvalue weighted by atomic mass is 9.65. The Morgan fingerprint density at radius 3 is 1.54 bits per heavy atom. The van der Waals surface area contributed by atoms with Crippen LogP contribution in [0.2, 0.25) is 0 Å². The second kappa shape index (κ2) is 15.0. The molecule has 11 aromatic rings. The molecule has 4 aliphatic rings. The third-order valence-electron chi connectivity index (χ3n) is 15.6. The van der Waals surface area contributed by atoms with Crippen molar-refractivity contribution in [3.63, 3.8) is 0 Å². The van der Waals surface area contributed by atoms with Gasteiger partial charge in [-0.2, -0.15) is 0 Å². The highest BCUT2D eigenvalue weighted by Gasteiger charge is 2.51. The van der Waals surface area contributed by atoms with Crippen LogP contribution in [0.1, 0.15) is 33.4 Å². The van der Waals surface area contributed by atoms with Gasteiger partial charge in [0.15, 0.2) is 0 Å². The zero-order valence-corrected chi connectivity index (χ0v) is 38.4. The van der Waals surface area contributed by atoms with Crippen LogP contribution < -0.4 is 9.80 Å². The van der Waals surface area contributed by atoms with Gasteiger partial charge in [0.05, 0.1) is 16.8 Å². The van der Waals surface area contributed by atoms with Crippen LogP contribution in [0, 0.1) is 0 Å². The zero-order valence-electron chi connectivity index (χ0n) is 38.4. The minimum atomic E-state index is -0.642. The van der Waals surface area contributed by atoms with Gasteiger partial charge < -0.3 is 9.80 Å². The first-order chi connectivity index (χ1) is 34.8. The van der Waals surface area contributed by atoms with Gasteiger partial charge in [-0.1, -0.05) is 194 Å². The molecule has 0 radical (unpaired) electrons. The third-order valence-corrected chi connectivity index (χ3v) is 15.6. The van der Waals surface area contributed by atoms with Gasteiger partial charge in [0, 0.05) is 33.9 Å². The second-order valence-electron chi connectivity index (χ2n) is 19.1. The second-order valence-corrected chi connectivity index (χ2v) is 19.1. The van der Waals surface area contributed by atoms with Gasteiger partial charge in [-0.25, -0.2) is 0 Å². The van der Waals surface area contributed by atoms with Gasteiger partial charge in [-0.3, -0.25) is 0 Å². The predicted octanol–water partition coefficient (Wildman–Crippen LogP) is 17.9. The van der Waals surface area contributed by atoms with Crippen molar-refractivity contribution in [2.24, 2.45) is 0 Å². The van der Waals surface area contributed by atoms with E-state index in [0.717, 1.165) is 40.5 Å². The van der Waals surface area contributed by atoms with Crippen molar-refractivity contribution in [2.45, 2.75) is 11.8 Å². The molecule has 0 N–H and O–H groups in total. The minimum absolute atomic E-state index is 0.642. The Kier molecular flexibility index (Phi) is 8.38. The summed E-state index contributed by atoms with van der Waals surface area (Å²) in [7, 11) is 0. The summed E-state index contributed by atoms with van der Waals surface area (Å²) in [6.45, 7) is 0. The summed E-state index contributed by atoms with van der Waals surface area (Å²) in [5.41, 5.74) is 29.4. The summed E-state index contributed by atoms with van der Waals surface area (Å²) in [6.07, 6.45) is 0.948. The molecular weight excluding hydrogens is 845 g/mol. The van der Waals surface area contributed by atoms with E-state index in [2.05, 4.69) is 265 Å². The fraction of sp³-hybridized carbons (Fsp3) is 0.0294. The van der Waals surface area contributed by atoms with Gasteiger partial charge >= 0.3 is 0 Å². The van der Waals surface area contributed by atoms with Crippen molar-refractivity contribution in [1.29, 1.82) is 0 Å². The molecule has 3 aliphatic carbocycles. The van der Waals surface area contributed by atoms with Gasteiger partial charge in [0.2, 0.25) is 0 Å². The first kappa shape index (κ1) is 39.1. The molecule has 0 bridgehead atoms. The molecule has 326 valence electrons. The van der Waals surface area contributed by atoms with Crippen LogP contribution in [-0.4, -0.2) is 0 Å². The molecule has 70 heavy (non-hydrogen) atoms. The lowest BCUT2D eigenvalue weighted by molar-refractivity contribution is 0.775. The maximum absolute atomic E-state index is 2.54. The van der Waals surface area contributed by atoms with Crippen molar-refractivity contribution in [3.8, 4) is 66.8 Å². The fourth-order valence-electron chi connectivity index (χ4n) is 12.9. The summed E-state index contributed by atoms with van der Waals surface area (Å²) in [5.74, 6) is 0. The number of para-hydroxylation sites is 3. The predicted molar refractivity (Wildman–Crippen MR) is 290 cm³/mol.